The molecule has 10 heteroatoms. The van der Waals surface area contributed by atoms with E-state index in [9.17, 15) is 14.0 Å². The summed E-state index contributed by atoms with van der Waals surface area (Å²) < 4.78 is 19.2. The number of rotatable bonds is 9. The first-order chi connectivity index (χ1) is 18.5. The molecule has 3 aromatic rings. The fourth-order valence-electron chi connectivity index (χ4n) is 5.17. The van der Waals surface area contributed by atoms with Gasteiger partial charge in [0, 0.05) is 24.8 Å². The van der Waals surface area contributed by atoms with Gasteiger partial charge in [0.25, 0.3) is 0 Å². The topological polar surface area (TPSA) is 102 Å². The van der Waals surface area contributed by atoms with Crippen molar-refractivity contribution in [3.8, 4) is 11.4 Å². The van der Waals surface area contributed by atoms with E-state index >= 15 is 0 Å². The third-order valence-electron chi connectivity index (χ3n) is 7.23. The fourth-order valence-corrected chi connectivity index (χ4v) is 5.17. The molecule has 1 saturated carbocycles. The first kappa shape index (κ1) is 26.0. The third kappa shape index (κ3) is 6.24. The van der Waals surface area contributed by atoms with Gasteiger partial charge in [0.05, 0.1) is 6.10 Å². The highest BCUT2D eigenvalue weighted by molar-refractivity contribution is 5.89. The molecule has 2 fully saturated rings. The Morgan fingerprint density at radius 1 is 1.08 bits per heavy atom. The molecule has 5 rings (SSSR count). The van der Waals surface area contributed by atoms with Crippen molar-refractivity contribution in [2.24, 2.45) is 0 Å². The number of carbonyl (C=O) groups excluding carboxylic acids is 2. The van der Waals surface area contributed by atoms with Crippen LogP contribution in [0.15, 0.2) is 48.5 Å². The van der Waals surface area contributed by atoms with Crippen molar-refractivity contribution in [3.05, 3.63) is 65.5 Å². The second kappa shape index (κ2) is 11.8. The Hall–Kier alpha value is -3.66. The summed E-state index contributed by atoms with van der Waals surface area (Å²) in [5.74, 6) is -0.571. The Balaban J connectivity index is 1.42. The van der Waals surface area contributed by atoms with Crippen molar-refractivity contribution in [3.63, 3.8) is 0 Å². The number of aryl methyl sites for hydroxylation is 1. The van der Waals surface area contributed by atoms with Gasteiger partial charge in [-0.3, -0.25) is 9.59 Å². The van der Waals surface area contributed by atoms with Crippen molar-refractivity contribution < 1.29 is 18.7 Å². The number of carbonyl (C=O) groups is 2. The summed E-state index contributed by atoms with van der Waals surface area (Å²) in [6, 6.07) is 12.8. The maximum atomic E-state index is 13.8. The summed E-state index contributed by atoms with van der Waals surface area (Å²) in [4.78, 5) is 30.4. The molecule has 0 spiro atoms. The highest BCUT2D eigenvalue weighted by Gasteiger charge is 2.35. The lowest BCUT2D eigenvalue weighted by molar-refractivity contribution is -0.143. The number of hydrogen-bond donors (Lipinski definition) is 1. The molecule has 2 aliphatic rings. The fraction of sp³-hybridized carbons (Fsp3) is 0.464. The lowest BCUT2D eigenvalue weighted by Crippen LogP contribution is -2.49. The number of hydrogen-bond acceptors (Lipinski definition) is 6. The predicted octanol–water partition coefficient (Wildman–Crippen LogP) is 3.60. The van der Waals surface area contributed by atoms with Crippen LogP contribution in [-0.2, 0) is 20.9 Å². The van der Waals surface area contributed by atoms with Crippen LogP contribution in [-0.4, -0.2) is 62.2 Å². The number of benzene rings is 2. The second-order valence-electron chi connectivity index (χ2n) is 10.1. The Morgan fingerprint density at radius 3 is 2.50 bits per heavy atom. The first-order valence-electron chi connectivity index (χ1n) is 13.3. The van der Waals surface area contributed by atoms with Gasteiger partial charge in [-0.1, -0.05) is 42.7 Å². The Kier molecular flexibility index (Phi) is 8.07. The van der Waals surface area contributed by atoms with E-state index in [1.165, 1.54) is 16.9 Å². The van der Waals surface area contributed by atoms with E-state index in [0.29, 0.717) is 12.2 Å². The summed E-state index contributed by atoms with van der Waals surface area (Å²) in [7, 11) is 0. The molecule has 0 unspecified atom stereocenters. The third-order valence-corrected chi connectivity index (χ3v) is 7.23. The van der Waals surface area contributed by atoms with Gasteiger partial charge in [-0.15, -0.1) is 10.2 Å². The van der Waals surface area contributed by atoms with Crippen LogP contribution in [0.4, 0.5) is 4.39 Å². The quantitative estimate of drug-likeness (QED) is 0.463. The van der Waals surface area contributed by atoms with Gasteiger partial charge in [0.15, 0.2) is 0 Å². The molecule has 0 bridgehead atoms. The largest absolute Gasteiger partial charge is 0.376 e. The average Bonchev–Trinajstić information content (AvgIpc) is 3.69. The van der Waals surface area contributed by atoms with Crippen LogP contribution in [0.1, 0.15) is 55.7 Å². The minimum atomic E-state index is -0.812. The van der Waals surface area contributed by atoms with Crippen LogP contribution >= 0.6 is 0 Å². The molecule has 2 aromatic carbocycles. The maximum Gasteiger partial charge on any atom is 0.247 e. The molecule has 2 amide bonds. The number of ether oxygens (including phenoxy) is 1. The highest BCUT2D eigenvalue weighted by atomic mass is 19.1. The van der Waals surface area contributed by atoms with E-state index in [2.05, 4.69) is 20.7 Å². The summed E-state index contributed by atoms with van der Waals surface area (Å²) >= 11 is 0. The van der Waals surface area contributed by atoms with Crippen LogP contribution in [0.25, 0.3) is 11.4 Å². The molecule has 1 aliphatic heterocycles. The lowest BCUT2D eigenvalue weighted by Gasteiger charge is -2.33. The van der Waals surface area contributed by atoms with Gasteiger partial charge in [0.1, 0.15) is 18.4 Å². The number of nitrogens with one attached hydrogen (secondary N) is 1. The standard InChI is InChI=1S/C28H33FN6O3/c1-19-8-10-20(11-9-19)26(28(37)30-23-5-2-3-6-23)34(17-24-7-4-16-38-24)25(36)18-35-32-27(31-33-35)21-12-14-22(29)15-13-21/h8-15,23-24,26H,2-7,16-18H2,1H3,(H,30,37)/t24-,26+/m1/s1. The van der Waals surface area contributed by atoms with Gasteiger partial charge in [0.2, 0.25) is 17.6 Å². The molecule has 1 N–H and O–H groups in total. The first-order valence-corrected chi connectivity index (χ1v) is 13.3. The van der Waals surface area contributed by atoms with E-state index in [1.807, 2.05) is 31.2 Å². The number of tetrazole rings is 1. The summed E-state index contributed by atoms with van der Waals surface area (Å²) in [6.45, 7) is 2.72. The maximum absolute atomic E-state index is 13.8. The zero-order chi connectivity index (χ0) is 26.5. The lowest BCUT2D eigenvalue weighted by atomic mass is 10.0. The van der Waals surface area contributed by atoms with Crippen molar-refractivity contribution in [2.75, 3.05) is 13.2 Å². The summed E-state index contributed by atoms with van der Waals surface area (Å²) in [5, 5.41) is 15.6. The smallest absolute Gasteiger partial charge is 0.247 e. The normalized spacial score (nSPS) is 18.4. The number of aromatic nitrogens is 4. The molecule has 2 heterocycles. The van der Waals surface area contributed by atoms with E-state index in [1.54, 1.807) is 17.0 Å². The average molecular weight is 521 g/mol. The molecule has 1 aromatic heterocycles. The molecule has 0 radical (unpaired) electrons. The number of amides is 2. The highest BCUT2D eigenvalue weighted by Crippen LogP contribution is 2.27. The van der Waals surface area contributed by atoms with Gasteiger partial charge >= 0.3 is 0 Å². The summed E-state index contributed by atoms with van der Waals surface area (Å²) in [6.07, 6.45) is 5.67. The Morgan fingerprint density at radius 2 is 1.82 bits per heavy atom. The minimum Gasteiger partial charge on any atom is -0.376 e. The molecular formula is C28H33FN6O3. The predicted molar refractivity (Wildman–Crippen MR) is 138 cm³/mol. The van der Waals surface area contributed by atoms with Crippen molar-refractivity contribution in [1.29, 1.82) is 0 Å². The number of halogens is 1. The molecule has 200 valence electrons. The SMILES string of the molecule is Cc1ccc([C@@H](C(=O)NC2CCCC2)N(C[C@H]2CCCO2)C(=O)Cn2nnc(-c3ccc(F)cc3)n2)cc1. The van der Waals surface area contributed by atoms with Gasteiger partial charge in [-0.05, 0) is 67.6 Å². The van der Waals surface area contributed by atoms with Crippen molar-refractivity contribution >= 4 is 11.8 Å². The van der Waals surface area contributed by atoms with Crippen LogP contribution < -0.4 is 5.32 Å². The monoisotopic (exact) mass is 520 g/mol. The minimum absolute atomic E-state index is 0.116. The van der Waals surface area contributed by atoms with E-state index < -0.39 is 6.04 Å². The van der Waals surface area contributed by atoms with E-state index in [4.69, 9.17) is 4.74 Å². The van der Waals surface area contributed by atoms with E-state index in [0.717, 1.165) is 49.7 Å². The summed E-state index contributed by atoms with van der Waals surface area (Å²) in [5.41, 5.74) is 2.41. The zero-order valence-electron chi connectivity index (χ0n) is 21.6. The van der Waals surface area contributed by atoms with Crippen LogP contribution in [0.5, 0.6) is 0 Å². The molecule has 9 nitrogen and oxygen atoms in total. The molecule has 1 saturated heterocycles. The van der Waals surface area contributed by atoms with Crippen LogP contribution in [0, 0.1) is 12.7 Å². The van der Waals surface area contributed by atoms with Gasteiger partial charge in [-0.2, -0.15) is 4.80 Å². The van der Waals surface area contributed by atoms with Crippen LogP contribution in [0.3, 0.4) is 0 Å². The molecule has 38 heavy (non-hydrogen) atoms. The molecule has 2 atom stereocenters. The second-order valence-corrected chi connectivity index (χ2v) is 10.1. The Bertz CT molecular complexity index is 1230. The zero-order valence-corrected chi connectivity index (χ0v) is 21.6. The number of nitrogens with zero attached hydrogens (tertiary/aromatic N) is 5. The van der Waals surface area contributed by atoms with Gasteiger partial charge in [-0.25, -0.2) is 4.39 Å². The molecule has 1 aliphatic carbocycles. The van der Waals surface area contributed by atoms with E-state index in [-0.39, 0.29) is 48.7 Å². The van der Waals surface area contributed by atoms with Crippen LogP contribution in [0.2, 0.25) is 0 Å². The Labute approximate surface area is 221 Å². The van der Waals surface area contributed by atoms with Gasteiger partial charge < -0.3 is 15.0 Å². The molecular weight excluding hydrogens is 487 g/mol. The van der Waals surface area contributed by atoms with Crippen molar-refractivity contribution in [2.45, 2.75) is 70.2 Å². The van der Waals surface area contributed by atoms with Crippen molar-refractivity contribution in [1.82, 2.24) is 30.4 Å².